The fraction of sp³-hybridized carbons (Fsp3) is 0.0526. The van der Waals surface area contributed by atoms with Gasteiger partial charge in [-0.3, -0.25) is 0 Å². The molecule has 4 nitrogen and oxygen atoms in total. The second kappa shape index (κ2) is 17.7. The molecular formula is C76H52N2O2. The van der Waals surface area contributed by atoms with Crippen LogP contribution >= 0.6 is 0 Å². The molecule has 2 heterocycles. The summed E-state index contributed by atoms with van der Waals surface area (Å²) in [4.78, 5) is 4.88. The Hall–Kier alpha value is -10.2. The minimum atomic E-state index is -0.601. The van der Waals surface area contributed by atoms with Crippen LogP contribution < -0.4 is 9.80 Å². The molecule has 2 atom stereocenters. The molecule has 0 fully saturated rings. The molecule has 0 saturated heterocycles. The van der Waals surface area contributed by atoms with E-state index in [0.29, 0.717) is 0 Å². The predicted octanol–water partition coefficient (Wildman–Crippen LogP) is 21.0. The number of fused-ring (bicyclic) bond motifs is 12. The summed E-state index contributed by atoms with van der Waals surface area (Å²) in [6.45, 7) is 5.03. The van der Waals surface area contributed by atoms with Crippen LogP contribution in [0, 0.1) is 0 Å². The molecule has 4 heteroatoms. The Kier molecular flexibility index (Phi) is 10.2. The van der Waals surface area contributed by atoms with Crippen LogP contribution in [-0.2, 0) is 10.8 Å². The molecule has 2 aliphatic rings. The zero-order chi connectivity index (χ0) is 53.1. The van der Waals surface area contributed by atoms with Gasteiger partial charge in [0.15, 0.2) is 11.2 Å². The van der Waals surface area contributed by atoms with E-state index in [1.165, 1.54) is 44.5 Å². The van der Waals surface area contributed by atoms with E-state index in [9.17, 15) is 0 Å². The van der Waals surface area contributed by atoms with Gasteiger partial charge in [-0.2, -0.15) is 0 Å². The highest BCUT2D eigenvalue weighted by atomic mass is 16.3. The maximum atomic E-state index is 6.93. The van der Waals surface area contributed by atoms with E-state index in [1.54, 1.807) is 0 Å². The van der Waals surface area contributed by atoms with Crippen molar-refractivity contribution in [2.75, 3.05) is 9.80 Å². The maximum Gasteiger partial charge on any atom is 0.159 e. The molecule has 2 unspecified atom stereocenters. The van der Waals surface area contributed by atoms with Crippen molar-refractivity contribution in [2.24, 2.45) is 0 Å². The first kappa shape index (κ1) is 46.0. The quantitative estimate of drug-likeness (QED) is 0.144. The highest BCUT2D eigenvalue weighted by molar-refractivity contribution is 6.12. The van der Waals surface area contributed by atoms with Gasteiger partial charge in [0.2, 0.25) is 0 Å². The molecule has 0 spiro atoms. The molecule has 378 valence electrons. The second-order valence-electron chi connectivity index (χ2n) is 21.7. The average Bonchev–Trinajstić information content (AvgIpc) is 4.44. The largest absolute Gasteiger partial charge is 0.454 e. The first-order chi connectivity index (χ1) is 39.5. The molecule has 0 N–H and O–H groups in total. The van der Waals surface area contributed by atoms with Crippen molar-refractivity contribution in [3.63, 3.8) is 0 Å². The van der Waals surface area contributed by atoms with E-state index < -0.39 is 10.8 Å². The van der Waals surface area contributed by atoms with Gasteiger partial charge in [0.1, 0.15) is 11.2 Å². The van der Waals surface area contributed by atoms with Crippen molar-refractivity contribution in [3.05, 3.63) is 301 Å². The number of hydrogen-bond donors (Lipinski definition) is 0. The Morgan fingerprint density at radius 1 is 0.263 bits per heavy atom. The Bertz CT molecular complexity index is 4480. The zero-order valence-corrected chi connectivity index (χ0v) is 44.3. The summed E-state index contributed by atoms with van der Waals surface area (Å²) in [5, 5.41) is 4.36. The lowest BCUT2D eigenvalue weighted by molar-refractivity contribution is 0.376. The third-order valence-corrected chi connectivity index (χ3v) is 17.8. The highest BCUT2D eigenvalue weighted by Gasteiger charge is 2.58. The molecule has 0 radical (unpaired) electrons. The number of rotatable bonds is 9. The van der Waals surface area contributed by atoms with Crippen molar-refractivity contribution in [2.45, 2.75) is 24.7 Å². The fourth-order valence-corrected chi connectivity index (χ4v) is 14.0. The normalized spacial score (nSPS) is 16.0. The van der Waals surface area contributed by atoms with Gasteiger partial charge in [-0.25, -0.2) is 0 Å². The number of hydrogen-bond acceptors (Lipinski definition) is 4. The van der Waals surface area contributed by atoms with Gasteiger partial charge in [0.25, 0.3) is 0 Å². The predicted molar refractivity (Wildman–Crippen MR) is 331 cm³/mol. The van der Waals surface area contributed by atoms with Crippen LogP contribution in [0.4, 0.5) is 34.1 Å². The molecule has 0 amide bonds. The van der Waals surface area contributed by atoms with Gasteiger partial charge in [-0.05, 0) is 116 Å². The molecule has 80 heavy (non-hydrogen) atoms. The van der Waals surface area contributed by atoms with Crippen LogP contribution in [0.5, 0.6) is 0 Å². The monoisotopic (exact) mass is 1020 g/mol. The van der Waals surface area contributed by atoms with Crippen molar-refractivity contribution >= 4 is 78.0 Å². The SMILES string of the molecule is CC1(C2(C)c3ccccc3-c3ccc(N(c4ccccc4-c4ccccc4)c4cccc5c4oc4ccccc45)cc32)c2ccccc2-c2ccc(N(c3ccccc3-c3ccccc3)c3cccc4c3oc3ccccc34)cc21. The van der Waals surface area contributed by atoms with Crippen LogP contribution in [-0.4, -0.2) is 0 Å². The van der Waals surface area contributed by atoms with Crippen molar-refractivity contribution < 1.29 is 8.83 Å². The molecule has 0 bridgehead atoms. The molecule has 16 rings (SSSR count). The lowest BCUT2D eigenvalue weighted by Crippen LogP contribution is -2.44. The van der Waals surface area contributed by atoms with E-state index in [4.69, 9.17) is 8.83 Å². The number of furan rings is 2. The van der Waals surface area contributed by atoms with Gasteiger partial charge in [0, 0.05) is 54.9 Å². The number of anilines is 6. The molecule has 2 aliphatic carbocycles. The summed E-state index contributed by atoms with van der Waals surface area (Å²) in [5.74, 6) is 0. The van der Waals surface area contributed by atoms with Crippen molar-refractivity contribution in [3.8, 4) is 44.5 Å². The van der Waals surface area contributed by atoms with Crippen LogP contribution in [0.1, 0.15) is 36.1 Å². The van der Waals surface area contributed by atoms with Crippen molar-refractivity contribution in [1.82, 2.24) is 0 Å². The highest BCUT2D eigenvalue weighted by Crippen LogP contribution is 2.66. The van der Waals surface area contributed by atoms with E-state index in [0.717, 1.165) is 100 Å². The maximum absolute atomic E-state index is 6.93. The molecule has 0 saturated carbocycles. The van der Waals surface area contributed by atoms with Gasteiger partial charge >= 0.3 is 0 Å². The van der Waals surface area contributed by atoms with E-state index in [2.05, 4.69) is 303 Å². The fourth-order valence-electron chi connectivity index (χ4n) is 14.0. The summed E-state index contributed by atoms with van der Waals surface area (Å²) in [7, 11) is 0. The lowest BCUT2D eigenvalue weighted by atomic mass is 9.56. The number of nitrogens with zero attached hydrogens (tertiary/aromatic N) is 2. The van der Waals surface area contributed by atoms with Crippen LogP contribution in [0.2, 0.25) is 0 Å². The van der Waals surface area contributed by atoms with E-state index in [-0.39, 0.29) is 0 Å². The molecular weight excluding hydrogens is 973 g/mol. The summed E-state index contributed by atoms with van der Waals surface area (Å²) >= 11 is 0. The summed E-state index contributed by atoms with van der Waals surface area (Å²) in [6, 6.07) is 102. The standard InChI is InChI=1S/C76H52N2O2/c1-75(63-35-15-9-29-55(63)57-45-43-51(47-65(57)75)77(67-37-17-11-27-53(67)49-23-5-3-6-24-49)69-39-21-33-61-59-31-13-19-41-71(59)79-73(61)69)76(2)64-36-16-10-30-56(64)58-46-44-52(48-66(58)76)78(68-38-18-12-28-54(68)50-25-7-4-8-26-50)70-40-22-34-62-60-32-14-20-42-72(60)80-74(62)70/h3-48H,1-2H3. The van der Waals surface area contributed by atoms with Crippen molar-refractivity contribution in [1.29, 1.82) is 0 Å². The Morgan fingerprint density at radius 2 is 0.600 bits per heavy atom. The summed E-state index contributed by atoms with van der Waals surface area (Å²) in [5.41, 5.74) is 23.1. The minimum absolute atomic E-state index is 0.601. The number of para-hydroxylation sites is 6. The minimum Gasteiger partial charge on any atom is -0.454 e. The van der Waals surface area contributed by atoms with Gasteiger partial charge < -0.3 is 18.6 Å². The first-order valence-electron chi connectivity index (χ1n) is 27.7. The second-order valence-corrected chi connectivity index (χ2v) is 21.7. The van der Waals surface area contributed by atoms with Crippen LogP contribution in [0.3, 0.4) is 0 Å². The summed E-state index contributed by atoms with van der Waals surface area (Å²) in [6.07, 6.45) is 0. The molecule has 12 aromatic carbocycles. The van der Waals surface area contributed by atoms with Gasteiger partial charge in [-0.15, -0.1) is 0 Å². The third kappa shape index (κ3) is 6.57. The molecule has 14 aromatic rings. The molecule has 0 aliphatic heterocycles. The summed E-state index contributed by atoms with van der Waals surface area (Å²) < 4.78 is 13.9. The average molecular weight is 1030 g/mol. The van der Waals surface area contributed by atoms with Crippen LogP contribution in [0.15, 0.2) is 288 Å². The van der Waals surface area contributed by atoms with E-state index in [1.807, 2.05) is 0 Å². The third-order valence-electron chi connectivity index (χ3n) is 17.8. The smallest absolute Gasteiger partial charge is 0.159 e. The first-order valence-corrected chi connectivity index (χ1v) is 27.7. The Labute approximate surface area is 464 Å². The zero-order valence-electron chi connectivity index (χ0n) is 44.3. The Balaban J connectivity index is 0.949. The van der Waals surface area contributed by atoms with Gasteiger partial charge in [-0.1, -0.05) is 232 Å². The van der Waals surface area contributed by atoms with Gasteiger partial charge in [0.05, 0.1) is 22.7 Å². The van der Waals surface area contributed by atoms with E-state index >= 15 is 0 Å². The number of benzene rings is 12. The Morgan fingerprint density at radius 3 is 1.05 bits per heavy atom. The van der Waals surface area contributed by atoms with Crippen LogP contribution in [0.25, 0.3) is 88.4 Å². The lowest BCUT2D eigenvalue weighted by Gasteiger charge is -2.45. The molecule has 2 aromatic heterocycles. The topological polar surface area (TPSA) is 32.8 Å².